The maximum Gasteiger partial charge on any atom is 0.219 e. The smallest absolute Gasteiger partial charge is 0.219 e. The van der Waals surface area contributed by atoms with E-state index in [0.717, 1.165) is 24.7 Å². The molecular weight excluding hydrogens is 312 g/mol. The summed E-state index contributed by atoms with van der Waals surface area (Å²) in [6.45, 7) is 3.43. The summed E-state index contributed by atoms with van der Waals surface area (Å²) in [5.74, 6) is 0.128. The van der Waals surface area contributed by atoms with E-state index in [-0.39, 0.29) is 5.91 Å². The van der Waals surface area contributed by atoms with Gasteiger partial charge >= 0.3 is 0 Å². The first-order valence-corrected chi connectivity index (χ1v) is 10.7. The summed E-state index contributed by atoms with van der Waals surface area (Å²) < 4.78 is 0. The molecule has 4 nitrogen and oxygen atoms in total. The summed E-state index contributed by atoms with van der Waals surface area (Å²) in [6, 6.07) is 0. The monoisotopic (exact) mass is 354 g/mol. The average molecular weight is 355 g/mol. The summed E-state index contributed by atoms with van der Waals surface area (Å²) in [6.07, 6.45) is 22.7. The zero-order chi connectivity index (χ0) is 18.4. The van der Waals surface area contributed by atoms with Crippen LogP contribution in [0, 0.1) is 5.21 Å². The number of unbranched alkanes of at least 4 members (excludes halogenated alkanes) is 11. The van der Waals surface area contributed by atoms with Crippen LogP contribution in [-0.4, -0.2) is 19.0 Å². The van der Waals surface area contributed by atoms with Gasteiger partial charge in [-0.25, -0.2) is 0 Å². The van der Waals surface area contributed by atoms with Crippen LogP contribution in [0.4, 0.5) is 0 Å². The minimum absolute atomic E-state index is 0.128. The number of rotatable bonds is 19. The van der Waals surface area contributed by atoms with Gasteiger partial charge in [-0.05, 0) is 32.1 Å². The van der Waals surface area contributed by atoms with Crippen LogP contribution in [0.1, 0.15) is 103 Å². The second-order valence-corrected chi connectivity index (χ2v) is 6.99. The molecule has 0 radical (unpaired) electrons. The Morgan fingerprint density at radius 3 is 2.00 bits per heavy atom. The fourth-order valence-corrected chi connectivity index (χ4v) is 2.86. The zero-order valence-electron chi connectivity index (χ0n) is 16.6. The van der Waals surface area contributed by atoms with Crippen molar-refractivity contribution in [1.82, 2.24) is 5.32 Å². The fourth-order valence-electron chi connectivity index (χ4n) is 2.86. The summed E-state index contributed by atoms with van der Waals surface area (Å²) >= 11 is 0. The van der Waals surface area contributed by atoms with Crippen molar-refractivity contribution in [1.29, 1.82) is 0 Å². The number of hydrogen-bond acceptors (Lipinski definition) is 2. The predicted molar refractivity (Wildman–Crippen MR) is 107 cm³/mol. The third-order valence-electron chi connectivity index (χ3n) is 4.49. The molecule has 0 rings (SSSR count). The third kappa shape index (κ3) is 21.1. The number of hydrogen-bond donors (Lipinski definition) is 2. The maximum atomic E-state index is 11.5. The molecule has 0 aliphatic rings. The van der Waals surface area contributed by atoms with Crippen LogP contribution >= 0.6 is 0 Å². The number of nitrogens with two attached hydrogens (primary N) is 1. The van der Waals surface area contributed by atoms with Gasteiger partial charge in [0.1, 0.15) is 0 Å². The number of carbonyl (C=O) groups is 1. The Morgan fingerprint density at radius 1 is 0.840 bits per heavy atom. The van der Waals surface area contributed by atoms with Crippen LogP contribution in [0.5, 0.6) is 0 Å². The Bertz CT molecular complexity index is 306. The van der Waals surface area contributed by atoms with E-state index < -0.39 is 0 Å². The molecule has 0 saturated heterocycles. The lowest BCUT2D eigenvalue weighted by Crippen LogP contribution is -2.77. The van der Waals surface area contributed by atoms with Crippen LogP contribution in [0.2, 0.25) is 0 Å². The van der Waals surface area contributed by atoms with Crippen molar-refractivity contribution in [2.24, 2.45) is 0 Å². The number of amides is 1. The van der Waals surface area contributed by atoms with E-state index in [1.54, 1.807) is 0 Å². The van der Waals surface area contributed by atoms with E-state index >= 15 is 0 Å². The van der Waals surface area contributed by atoms with Crippen LogP contribution in [0.25, 0.3) is 0 Å². The van der Waals surface area contributed by atoms with Gasteiger partial charge in [-0.15, -0.1) is 0 Å². The molecule has 0 aromatic carbocycles. The summed E-state index contributed by atoms with van der Waals surface area (Å²) in [5, 5.41) is 13.0. The van der Waals surface area contributed by atoms with Gasteiger partial charge in [0.15, 0.2) is 0 Å². The van der Waals surface area contributed by atoms with Crippen LogP contribution in [0.3, 0.4) is 0 Å². The third-order valence-corrected chi connectivity index (χ3v) is 4.49. The number of hydroxylamine groups is 1. The molecular formula is C21H42N2O2. The second-order valence-electron chi connectivity index (χ2n) is 6.99. The second kappa shape index (κ2) is 21.2. The van der Waals surface area contributed by atoms with Crippen molar-refractivity contribution in [3.8, 4) is 0 Å². The molecule has 3 N–H and O–H groups in total. The molecule has 1 amide bonds. The van der Waals surface area contributed by atoms with E-state index in [0.29, 0.717) is 19.5 Å². The van der Waals surface area contributed by atoms with Gasteiger partial charge in [0.2, 0.25) is 5.91 Å². The highest BCUT2D eigenvalue weighted by molar-refractivity contribution is 5.75. The first-order chi connectivity index (χ1) is 12.3. The topological polar surface area (TPSA) is 68.8 Å². The minimum atomic E-state index is 0.128. The van der Waals surface area contributed by atoms with E-state index in [1.807, 2.05) is 0 Å². The summed E-state index contributed by atoms with van der Waals surface area (Å²) in [4.78, 5) is 11.5. The SMILES string of the molecule is CCCCCCCC/C=C\CCCCCCCC(=O)NCCC[NH2+][O-]. The Hall–Kier alpha value is -0.870. The molecule has 0 bridgehead atoms. The highest BCUT2D eigenvalue weighted by Gasteiger charge is 2.00. The Morgan fingerprint density at radius 2 is 1.40 bits per heavy atom. The van der Waals surface area contributed by atoms with E-state index in [9.17, 15) is 10.0 Å². The Balaban J connectivity index is 3.17. The van der Waals surface area contributed by atoms with E-state index in [2.05, 4.69) is 24.4 Å². The van der Waals surface area contributed by atoms with E-state index in [4.69, 9.17) is 0 Å². The highest BCUT2D eigenvalue weighted by Crippen LogP contribution is 2.09. The molecule has 0 aromatic heterocycles. The fraction of sp³-hybridized carbons (Fsp3) is 0.857. The van der Waals surface area contributed by atoms with Crippen molar-refractivity contribution in [3.05, 3.63) is 17.4 Å². The lowest BCUT2D eigenvalue weighted by molar-refractivity contribution is -0.588. The number of carbonyl (C=O) groups excluding carboxylic acids is 1. The first-order valence-electron chi connectivity index (χ1n) is 10.7. The quantitative estimate of drug-likeness (QED) is 0.202. The standard InChI is InChI=1S/C21H42N2O2/c1-2-3-4-5-6-7-8-9-10-11-12-13-14-15-16-18-21(24)22-19-17-20-23-25/h9-10H,2-8,11-20,23H2,1H3,(H,22,24)/b10-9-. The molecule has 0 heterocycles. The average Bonchev–Trinajstić information content (AvgIpc) is 2.62. The molecule has 0 saturated carbocycles. The molecule has 0 spiro atoms. The molecule has 0 aliphatic heterocycles. The molecule has 25 heavy (non-hydrogen) atoms. The van der Waals surface area contributed by atoms with Gasteiger partial charge in [-0.2, -0.15) is 0 Å². The minimum Gasteiger partial charge on any atom is -0.636 e. The molecule has 148 valence electrons. The number of quaternary nitrogens is 1. The lowest BCUT2D eigenvalue weighted by Gasteiger charge is -2.05. The van der Waals surface area contributed by atoms with Gasteiger partial charge in [0, 0.05) is 19.4 Å². The van der Waals surface area contributed by atoms with Crippen molar-refractivity contribution in [2.75, 3.05) is 13.1 Å². The predicted octanol–water partition coefficient (Wildman–Crippen LogP) is 4.59. The Kier molecular flexibility index (Phi) is 20.4. The molecule has 0 atom stereocenters. The highest BCUT2D eigenvalue weighted by atomic mass is 16.5. The molecule has 0 aliphatic carbocycles. The van der Waals surface area contributed by atoms with Gasteiger partial charge in [-0.1, -0.05) is 70.4 Å². The number of nitrogens with one attached hydrogen (secondary N) is 1. The maximum absolute atomic E-state index is 11.5. The zero-order valence-corrected chi connectivity index (χ0v) is 16.6. The van der Waals surface area contributed by atoms with Crippen molar-refractivity contribution in [2.45, 2.75) is 103 Å². The lowest BCUT2D eigenvalue weighted by atomic mass is 10.1. The van der Waals surface area contributed by atoms with Gasteiger partial charge in [0.25, 0.3) is 0 Å². The molecule has 0 unspecified atom stereocenters. The van der Waals surface area contributed by atoms with Crippen LogP contribution in [0.15, 0.2) is 12.2 Å². The normalized spacial score (nSPS) is 11.3. The van der Waals surface area contributed by atoms with Gasteiger partial charge < -0.3 is 16.0 Å². The molecule has 0 aromatic rings. The largest absolute Gasteiger partial charge is 0.636 e. The van der Waals surface area contributed by atoms with Gasteiger partial charge in [0.05, 0.1) is 6.54 Å². The summed E-state index contributed by atoms with van der Waals surface area (Å²) in [7, 11) is 0. The van der Waals surface area contributed by atoms with Crippen molar-refractivity contribution < 1.29 is 10.3 Å². The Labute approximate surface area is 155 Å². The number of allylic oxidation sites excluding steroid dienone is 2. The summed E-state index contributed by atoms with van der Waals surface area (Å²) in [5.41, 5.74) is 0.899. The van der Waals surface area contributed by atoms with Crippen molar-refractivity contribution in [3.63, 3.8) is 0 Å². The van der Waals surface area contributed by atoms with Crippen molar-refractivity contribution >= 4 is 5.91 Å². The van der Waals surface area contributed by atoms with Crippen LogP contribution < -0.4 is 10.8 Å². The van der Waals surface area contributed by atoms with E-state index in [1.165, 1.54) is 70.6 Å². The molecule has 0 fully saturated rings. The first kappa shape index (κ1) is 24.1. The molecule has 4 heteroatoms. The van der Waals surface area contributed by atoms with Crippen LogP contribution in [-0.2, 0) is 4.79 Å². The van der Waals surface area contributed by atoms with Gasteiger partial charge in [-0.3, -0.25) is 4.79 Å².